The fourth-order valence-electron chi connectivity index (χ4n) is 3.28. The second-order valence-electron chi connectivity index (χ2n) is 7.29. The van der Waals surface area contributed by atoms with E-state index in [1.165, 1.54) is 0 Å². The number of aliphatic hydroxyl groups is 1. The zero-order valence-electron chi connectivity index (χ0n) is 18.1. The van der Waals surface area contributed by atoms with E-state index in [1.54, 1.807) is 0 Å². The van der Waals surface area contributed by atoms with Crippen molar-refractivity contribution in [2.75, 3.05) is 38.7 Å². The molecule has 6 nitrogen and oxygen atoms in total. The van der Waals surface area contributed by atoms with Crippen LogP contribution in [0.4, 0.5) is 5.82 Å². The van der Waals surface area contributed by atoms with E-state index in [-0.39, 0.29) is 30.6 Å². The molecule has 0 fully saturated rings. The average molecular weight is 513 g/mol. The molecule has 29 heavy (non-hydrogen) atoms. The maximum atomic E-state index is 9.27. The number of anilines is 1. The molecule has 0 bridgehead atoms. The molecule has 1 atom stereocenters. The molecule has 162 valence electrons. The first-order chi connectivity index (χ1) is 13.6. The fourth-order valence-corrected chi connectivity index (χ4v) is 3.28. The van der Waals surface area contributed by atoms with E-state index in [2.05, 4.69) is 36.6 Å². The van der Waals surface area contributed by atoms with Crippen LogP contribution in [0, 0.1) is 5.92 Å². The molecule has 0 amide bonds. The zero-order chi connectivity index (χ0) is 20.4. The van der Waals surface area contributed by atoms with E-state index in [1.807, 2.05) is 37.2 Å². The van der Waals surface area contributed by atoms with Crippen LogP contribution in [0.2, 0.25) is 0 Å². The molecule has 7 heteroatoms. The van der Waals surface area contributed by atoms with Crippen LogP contribution in [-0.4, -0.2) is 49.8 Å². The lowest BCUT2D eigenvalue weighted by Crippen LogP contribution is -2.40. The summed E-state index contributed by atoms with van der Waals surface area (Å²) in [5.41, 5.74) is 2.15. The summed E-state index contributed by atoms with van der Waals surface area (Å²) in [6.45, 7) is 6.69. The number of fused-ring (bicyclic) bond motifs is 1. The Balaban J connectivity index is 0.00000420. The molecule has 0 spiro atoms. The molecule has 0 aliphatic rings. The maximum Gasteiger partial charge on any atom is 0.191 e. The number of aromatic nitrogens is 1. The summed E-state index contributed by atoms with van der Waals surface area (Å²) in [6, 6.07) is 10.3. The number of hydrogen-bond acceptors (Lipinski definition) is 4. The van der Waals surface area contributed by atoms with E-state index >= 15 is 0 Å². The van der Waals surface area contributed by atoms with Gasteiger partial charge in [0.25, 0.3) is 0 Å². The van der Waals surface area contributed by atoms with Crippen LogP contribution < -0.4 is 15.5 Å². The molecule has 1 aromatic carbocycles. The number of guanidine groups is 1. The Morgan fingerprint density at radius 1 is 1.17 bits per heavy atom. The first kappa shape index (κ1) is 25.4. The SMILES string of the molecule is CCCC(CCO)CNC(=NCc1cc(N(C)C)nc2ccccc12)NCC.I. The molecule has 3 N–H and O–H groups in total. The molecule has 0 aliphatic heterocycles. The largest absolute Gasteiger partial charge is 0.396 e. The number of nitrogens with one attached hydrogen (secondary N) is 2. The normalized spacial score (nSPS) is 12.4. The first-order valence-electron chi connectivity index (χ1n) is 10.3. The lowest BCUT2D eigenvalue weighted by atomic mass is 10.0. The van der Waals surface area contributed by atoms with Crippen molar-refractivity contribution in [3.8, 4) is 0 Å². The van der Waals surface area contributed by atoms with Gasteiger partial charge in [0.05, 0.1) is 12.1 Å². The Hall–Kier alpha value is -1.61. The second-order valence-corrected chi connectivity index (χ2v) is 7.29. The van der Waals surface area contributed by atoms with Crippen molar-refractivity contribution in [3.05, 3.63) is 35.9 Å². The van der Waals surface area contributed by atoms with Gasteiger partial charge in [0, 0.05) is 39.2 Å². The molecule has 0 saturated heterocycles. The summed E-state index contributed by atoms with van der Waals surface area (Å²) in [6.07, 6.45) is 3.05. The van der Waals surface area contributed by atoms with E-state index in [4.69, 9.17) is 9.98 Å². The topological polar surface area (TPSA) is 72.8 Å². The van der Waals surface area contributed by atoms with Crippen LogP contribution in [0.1, 0.15) is 38.7 Å². The summed E-state index contributed by atoms with van der Waals surface area (Å²) in [5.74, 6) is 2.21. The number of pyridine rings is 1. The molecule has 0 saturated carbocycles. The number of aliphatic hydroxyl groups excluding tert-OH is 1. The van der Waals surface area contributed by atoms with Gasteiger partial charge in [0.1, 0.15) is 5.82 Å². The van der Waals surface area contributed by atoms with Gasteiger partial charge in [-0.05, 0) is 43.4 Å². The van der Waals surface area contributed by atoms with Gasteiger partial charge in [0.2, 0.25) is 0 Å². The highest BCUT2D eigenvalue weighted by Crippen LogP contribution is 2.22. The summed E-state index contributed by atoms with van der Waals surface area (Å²) in [7, 11) is 4.01. The van der Waals surface area contributed by atoms with Crippen molar-refractivity contribution >= 4 is 46.7 Å². The summed E-state index contributed by atoms with van der Waals surface area (Å²) in [4.78, 5) is 11.6. The molecule has 2 aromatic rings. The van der Waals surface area contributed by atoms with Crippen LogP contribution in [-0.2, 0) is 6.54 Å². The highest BCUT2D eigenvalue weighted by Gasteiger charge is 2.10. The van der Waals surface area contributed by atoms with Crippen LogP contribution in [0.5, 0.6) is 0 Å². The molecule has 0 aliphatic carbocycles. The van der Waals surface area contributed by atoms with Gasteiger partial charge >= 0.3 is 0 Å². The smallest absolute Gasteiger partial charge is 0.191 e. The molecule has 1 heterocycles. The Morgan fingerprint density at radius 2 is 1.93 bits per heavy atom. The van der Waals surface area contributed by atoms with Crippen molar-refractivity contribution in [1.82, 2.24) is 15.6 Å². The van der Waals surface area contributed by atoms with Gasteiger partial charge in [-0.3, -0.25) is 0 Å². The Kier molecular flexibility index (Phi) is 11.9. The Bertz CT molecular complexity index is 760. The van der Waals surface area contributed by atoms with Crippen molar-refractivity contribution < 1.29 is 5.11 Å². The lowest BCUT2D eigenvalue weighted by Gasteiger charge is -2.18. The number of rotatable bonds is 10. The van der Waals surface area contributed by atoms with Gasteiger partial charge in [0.15, 0.2) is 5.96 Å². The molecule has 1 unspecified atom stereocenters. The Labute approximate surface area is 192 Å². The minimum atomic E-state index is 0. The number of aliphatic imine (C=N–C) groups is 1. The van der Waals surface area contributed by atoms with Crippen LogP contribution in [0.3, 0.4) is 0 Å². The second kappa shape index (κ2) is 13.6. The van der Waals surface area contributed by atoms with Crippen molar-refractivity contribution in [2.24, 2.45) is 10.9 Å². The summed E-state index contributed by atoms with van der Waals surface area (Å²) in [5, 5.41) is 17.2. The average Bonchev–Trinajstić information content (AvgIpc) is 2.69. The summed E-state index contributed by atoms with van der Waals surface area (Å²) >= 11 is 0. The van der Waals surface area contributed by atoms with E-state index in [0.717, 1.165) is 60.6 Å². The molecular weight excluding hydrogens is 477 g/mol. The quantitative estimate of drug-likeness (QED) is 0.256. The minimum absolute atomic E-state index is 0. The van der Waals surface area contributed by atoms with Crippen LogP contribution in [0.25, 0.3) is 10.9 Å². The zero-order valence-corrected chi connectivity index (χ0v) is 20.4. The number of para-hydroxylation sites is 1. The van der Waals surface area contributed by atoms with E-state index < -0.39 is 0 Å². The number of nitrogens with zero attached hydrogens (tertiary/aromatic N) is 3. The van der Waals surface area contributed by atoms with Gasteiger partial charge in [-0.25, -0.2) is 9.98 Å². The molecule has 1 aromatic heterocycles. The highest BCUT2D eigenvalue weighted by atomic mass is 127. The van der Waals surface area contributed by atoms with Crippen molar-refractivity contribution in [3.63, 3.8) is 0 Å². The van der Waals surface area contributed by atoms with Gasteiger partial charge in [-0.2, -0.15) is 0 Å². The molecule has 0 radical (unpaired) electrons. The third kappa shape index (κ3) is 7.97. The number of benzene rings is 1. The number of halogens is 1. The summed E-state index contributed by atoms with van der Waals surface area (Å²) < 4.78 is 0. The third-order valence-corrected chi connectivity index (χ3v) is 4.79. The molecular formula is C22H36IN5O. The van der Waals surface area contributed by atoms with E-state index in [9.17, 15) is 5.11 Å². The third-order valence-electron chi connectivity index (χ3n) is 4.79. The minimum Gasteiger partial charge on any atom is -0.396 e. The highest BCUT2D eigenvalue weighted by molar-refractivity contribution is 14.0. The number of hydrogen-bond donors (Lipinski definition) is 3. The predicted octanol–water partition coefficient (Wildman–Crippen LogP) is 3.77. The standard InChI is InChI=1S/C22H35N5O.HI/c1-5-9-17(12-13-28)15-24-22(23-6-2)25-16-18-14-21(27(3)4)26-20-11-8-7-10-19(18)20;/h7-8,10-11,14,17,28H,5-6,9,12-13,15-16H2,1-4H3,(H2,23,24,25);1H. The fraction of sp³-hybridized carbons (Fsp3) is 0.545. The van der Waals surface area contributed by atoms with Gasteiger partial charge < -0.3 is 20.6 Å². The molecule has 2 rings (SSSR count). The van der Waals surface area contributed by atoms with Crippen molar-refractivity contribution in [2.45, 2.75) is 39.7 Å². The van der Waals surface area contributed by atoms with Crippen LogP contribution >= 0.6 is 24.0 Å². The predicted molar refractivity (Wildman–Crippen MR) is 134 cm³/mol. The monoisotopic (exact) mass is 513 g/mol. The van der Waals surface area contributed by atoms with Gasteiger partial charge in [-0.1, -0.05) is 31.5 Å². The van der Waals surface area contributed by atoms with Gasteiger partial charge in [-0.15, -0.1) is 24.0 Å². The van der Waals surface area contributed by atoms with E-state index in [0.29, 0.717) is 12.5 Å². The maximum absolute atomic E-state index is 9.27. The van der Waals surface area contributed by atoms with Crippen LogP contribution in [0.15, 0.2) is 35.3 Å². The Morgan fingerprint density at radius 3 is 2.59 bits per heavy atom. The first-order valence-corrected chi connectivity index (χ1v) is 10.3. The lowest BCUT2D eigenvalue weighted by molar-refractivity contribution is 0.251. The van der Waals surface area contributed by atoms with Crippen molar-refractivity contribution in [1.29, 1.82) is 0 Å².